The Morgan fingerprint density at radius 1 is 1.35 bits per heavy atom. The number of halogens is 1. The molecule has 1 aromatic carbocycles. The van der Waals surface area contributed by atoms with E-state index in [0.29, 0.717) is 5.76 Å². The molecule has 0 aliphatic rings. The fourth-order valence-electron chi connectivity index (χ4n) is 1.34. The molecular weight excluding hydrogens is 223 g/mol. The maximum atomic E-state index is 12.9. The zero-order valence-corrected chi connectivity index (χ0v) is 8.76. The molecule has 4 heteroatoms. The van der Waals surface area contributed by atoms with Crippen molar-refractivity contribution in [1.82, 2.24) is 0 Å². The first-order valence-corrected chi connectivity index (χ1v) is 4.91. The third-order valence-corrected chi connectivity index (χ3v) is 2.17. The molecule has 2 aromatic rings. The number of hydrogen-bond donors (Lipinski definition) is 1. The summed E-state index contributed by atoms with van der Waals surface area (Å²) in [6, 6.07) is 6.58. The summed E-state index contributed by atoms with van der Waals surface area (Å²) in [5, 5.41) is 9.42. The first kappa shape index (κ1) is 11.1. The van der Waals surface area contributed by atoms with Gasteiger partial charge in [-0.3, -0.25) is 4.79 Å². The van der Waals surface area contributed by atoms with Crippen LogP contribution in [0.2, 0.25) is 0 Å². The quantitative estimate of drug-likeness (QED) is 0.653. The van der Waals surface area contributed by atoms with Crippen LogP contribution in [0.3, 0.4) is 0 Å². The molecular formula is C13H9FO3. The van der Waals surface area contributed by atoms with Gasteiger partial charge in [0.25, 0.3) is 0 Å². The van der Waals surface area contributed by atoms with Gasteiger partial charge >= 0.3 is 0 Å². The van der Waals surface area contributed by atoms with Crippen LogP contribution in [0.15, 0.2) is 47.1 Å². The minimum absolute atomic E-state index is 0.0761. The third-order valence-electron chi connectivity index (χ3n) is 2.17. The van der Waals surface area contributed by atoms with Gasteiger partial charge in [0.15, 0.2) is 5.78 Å². The number of hydrogen-bond acceptors (Lipinski definition) is 3. The highest BCUT2D eigenvalue weighted by Gasteiger charge is 2.09. The highest BCUT2D eigenvalue weighted by atomic mass is 19.1. The van der Waals surface area contributed by atoms with Gasteiger partial charge in [0.05, 0.1) is 11.8 Å². The van der Waals surface area contributed by atoms with Crippen LogP contribution in [0.4, 0.5) is 4.39 Å². The number of carbonyl (C=O) groups excluding carboxylic acids is 1. The summed E-state index contributed by atoms with van der Waals surface area (Å²) in [6.45, 7) is 0. The number of ketones is 1. The van der Waals surface area contributed by atoms with Crippen LogP contribution in [0.5, 0.6) is 5.75 Å². The third kappa shape index (κ3) is 2.60. The lowest BCUT2D eigenvalue weighted by Crippen LogP contribution is -1.95. The van der Waals surface area contributed by atoms with Crippen molar-refractivity contribution in [3.05, 3.63) is 59.8 Å². The van der Waals surface area contributed by atoms with E-state index in [-0.39, 0.29) is 11.3 Å². The largest absolute Gasteiger partial charge is 0.507 e. The zero-order chi connectivity index (χ0) is 12.3. The lowest BCUT2D eigenvalue weighted by Gasteiger charge is -1.99. The van der Waals surface area contributed by atoms with Crippen LogP contribution in [-0.4, -0.2) is 10.9 Å². The lowest BCUT2D eigenvalue weighted by molar-refractivity contribution is 0.104. The molecule has 0 aliphatic heterocycles. The predicted octanol–water partition coefficient (Wildman–Crippen LogP) is 3.02. The van der Waals surface area contributed by atoms with E-state index >= 15 is 0 Å². The number of phenolic OH excluding ortho intramolecular Hbond substituents is 1. The molecule has 0 aliphatic carbocycles. The van der Waals surface area contributed by atoms with Crippen molar-refractivity contribution in [2.75, 3.05) is 0 Å². The molecule has 0 fully saturated rings. The second kappa shape index (κ2) is 4.65. The Bertz CT molecular complexity index is 556. The van der Waals surface area contributed by atoms with Gasteiger partial charge in [0, 0.05) is 0 Å². The Kier molecular flexibility index (Phi) is 3.05. The topological polar surface area (TPSA) is 50.4 Å². The molecule has 0 unspecified atom stereocenters. The van der Waals surface area contributed by atoms with Gasteiger partial charge < -0.3 is 9.52 Å². The van der Waals surface area contributed by atoms with Crippen molar-refractivity contribution < 1.29 is 18.7 Å². The second-order valence-electron chi connectivity index (χ2n) is 3.37. The molecule has 0 bridgehead atoms. The molecule has 0 saturated carbocycles. The Morgan fingerprint density at radius 3 is 2.88 bits per heavy atom. The summed E-state index contributed by atoms with van der Waals surface area (Å²) in [5.41, 5.74) is -0.0761. The van der Waals surface area contributed by atoms with Gasteiger partial charge in [-0.05, 0) is 42.5 Å². The van der Waals surface area contributed by atoms with Crippen molar-refractivity contribution in [2.24, 2.45) is 0 Å². The molecule has 1 N–H and O–H groups in total. The van der Waals surface area contributed by atoms with Gasteiger partial charge in [-0.2, -0.15) is 0 Å². The molecule has 1 heterocycles. The van der Waals surface area contributed by atoms with Crippen molar-refractivity contribution in [3.8, 4) is 5.75 Å². The van der Waals surface area contributed by atoms with E-state index in [0.717, 1.165) is 18.2 Å². The van der Waals surface area contributed by atoms with Crippen LogP contribution < -0.4 is 0 Å². The fraction of sp³-hybridized carbons (Fsp3) is 0. The normalized spacial score (nSPS) is 10.9. The van der Waals surface area contributed by atoms with Crippen LogP contribution >= 0.6 is 0 Å². The van der Waals surface area contributed by atoms with E-state index < -0.39 is 11.6 Å². The average Bonchev–Trinajstić information content (AvgIpc) is 2.82. The maximum absolute atomic E-state index is 12.9. The van der Waals surface area contributed by atoms with Crippen molar-refractivity contribution in [2.45, 2.75) is 0 Å². The van der Waals surface area contributed by atoms with E-state index in [2.05, 4.69) is 0 Å². The van der Waals surface area contributed by atoms with Gasteiger partial charge in [-0.15, -0.1) is 0 Å². The van der Waals surface area contributed by atoms with E-state index in [1.807, 2.05) is 0 Å². The number of carbonyl (C=O) groups is 1. The van der Waals surface area contributed by atoms with Crippen molar-refractivity contribution in [1.29, 1.82) is 0 Å². The molecule has 0 saturated heterocycles. The summed E-state index contributed by atoms with van der Waals surface area (Å²) < 4.78 is 17.9. The van der Waals surface area contributed by atoms with Crippen LogP contribution in [0, 0.1) is 5.82 Å². The van der Waals surface area contributed by atoms with E-state index in [9.17, 15) is 14.3 Å². The highest BCUT2D eigenvalue weighted by molar-refractivity contribution is 6.08. The molecule has 17 heavy (non-hydrogen) atoms. The maximum Gasteiger partial charge on any atom is 0.189 e. The minimum Gasteiger partial charge on any atom is -0.507 e. The standard InChI is InChI=1S/C13H9FO3/c14-9-3-5-12(15)11(8-9)13(16)6-4-10-2-1-7-17-10/h1-8,15H. The smallest absolute Gasteiger partial charge is 0.189 e. The number of rotatable bonds is 3. The zero-order valence-electron chi connectivity index (χ0n) is 8.76. The first-order chi connectivity index (χ1) is 8.16. The summed E-state index contributed by atoms with van der Waals surface area (Å²) in [7, 11) is 0. The second-order valence-corrected chi connectivity index (χ2v) is 3.37. The number of benzene rings is 1. The lowest BCUT2D eigenvalue weighted by atomic mass is 10.1. The Labute approximate surface area is 96.8 Å². The number of phenols is 1. The summed E-state index contributed by atoms with van der Waals surface area (Å²) >= 11 is 0. The minimum atomic E-state index is -0.572. The van der Waals surface area contributed by atoms with Gasteiger partial charge in [-0.1, -0.05) is 0 Å². The molecule has 0 amide bonds. The molecule has 0 spiro atoms. The Hall–Kier alpha value is -2.36. The monoisotopic (exact) mass is 232 g/mol. The van der Waals surface area contributed by atoms with Gasteiger partial charge in [0.2, 0.25) is 0 Å². The summed E-state index contributed by atoms with van der Waals surface area (Å²) in [4.78, 5) is 11.7. The molecule has 3 nitrogen and oxygen atoms in total. The summed E-state index contributed by atoms with van der Waals surface area (Å²) in [5.74, 6) is -0.800. The molecule has 0 radical (unpaired) electrons. The van der Waals surface area contributed by atoms with Crippen molar-refractivity contribution >= 4 is 11.9 Å². The van der Waals surface area contributed by atoms with E-state index in [1.54, 1.807) is 12.1 Å². The molecule has 86 valence electrons. The fourth-order valence-corrected chi connectivity index (χ4v) is 1.34. The van der Waals surface area contributed by atoms with Gasteiger partial charge in [-0.25, -0.2) is 4.39 Å². The number of aromatic hydroxyl groups is 1. The highest BCUT2D eigenvalue weighted by Crippen LogP contribution is 2.19. The summed E-state index contributed by atoms with van der Waals surface area (Å²) in [6.07, 6.45) is 4.14. The Morgan fingerprint density at radius 2 is 2.18 bits per heavy atom. The van der Waals surface area contributed by atoms with E-state index in [4.69, 9.17) is 4.42 Å². The predicted molar refractivity (Wildman–Crippen MR) is 60.1 cm³/mol. The molecule has 2 rings (SSSR count). The van der Waals surface area contributed by atoms with E-state index in [1.165, 1.54) is 18.4 Å². The first-order valence-electron chi connectivity index (χ1n) is 4.91. The van der Waals surface area contributed by atoms with Crippen LogP contribution in [0.1, 0.15) is 16.1 Å². The SMILES string of the molecule is O=C(C=Cc1ccco1)c1cc(F)ccc1O. The van der Waals surface area contributed by atoms with Gasteiger partial charge in [0.1, 0.15) is 17.3 Å². The number of furan rings is 1. The molecule has 0 atom stereocenters. The Balaban J connectivity index is 2.23. The van der Waals surface area contributed by atoms with Crippen LogP contribution in [-0.2, 0) is 0 Å². The number of allylic oxidation sites excluding steroid dienone is 1. The van der Waals surface area contributed by atoms with Crippen LogP contribution in [0.25, 0.3) is 6.08 Å². The van der Waals surface area contributed by atoms with Crippen molar-refractivity contribution in [3.63, 3.8) is 0 Å². The molecule has 1 aromatic heterocycles. The average molecular weight is 232 g/mol.